The molecule has 1 aliphatic rings. The predicted octanol–water partition coefficient (Wildman–Crippen LogP) is 2.00. The number of benzene rings is 1. The van der Waals surface area contributed by atoms with Gasteiger partial charge in [-0.3, -0.25) is 4.79 Å². The number of nitrogens with zero attached hydrogens (tertiary/aromatic N) is 1. The Morgan fingerprint density at radius 2 is 2.00 bits per heavy atom. The van der Waals surface area contributed by atoms with E-state index in [2.05, 4.69) is 22.4 Å². The van der Waals surface area contributed by atoms with Gasteiger partial charge in [0.25, 0.3) is 5.91 Å². The number of amides is 1. The smallest absolute Gasteiger partial charge is 0.263 e. The van der Waals surface area contributed by atoms with Crippen LogP contribution < -0.4 is 10.1 Å². The Morgan fingerprint density at radius 1 is 1.17 bits per heavy atom. The van der Waals surface area contributed by atoms with Crippen LogP contribution in [0, 0.1) is 0 Å². The second-order valence-electron chi connectivity index (χ2n) is 4.15. The number of aromatic nitrogens is 1. The number of pyridine rings is 1. The molecule has 0 radical (unpaired) electrons. The van der Waals surface area contributed by atoms with Crippen molar-refractivity contribution in [2.75, 3.05) is 11.9 Å². The number of carbonyl (C=O) groups is 1. The van der Waals surface area contributed by atoms with E-state index in [1.165, 1.54) is 5.56 Å². The summed E-state index contributed by atoms with van der Waals surface area (Å²) in [7, 11) is 0. The zero-order valence-electron chi connectivity index (χ0n) is 9.72. The van der Waals surface area contributed by atoms with Gasteiger partial charge < -0.3 is 10.1 Å². The topological polar surface area (TPSA) is 51.2 Å². The van der Waals surface area contributed by atoms with Gasteiger partial charge in [-0.05, 0) is 17.7 Å². The summed E-state index contributed by atoms with van der Waals surface area (Å²) in [5, 5.41) is 2.71. The summed E-state index contributed by atoms with van der Waals surface area (Å²) in [4.78, 5) is 15.6. The fourth-order valence-electron chi connectivity index (χ4n) is 1.91. The molecule has 0 bridgehead atoms. The average Bonchev–Trinajstić information content (AvgIpc) is 2.39. The highest BCUT2D eigenvalue weighted by molar-refractivity contribution is 5.94. The molecule has 4 heteroatoms. The molecule has 0 atom stereocenters. The zero-order chi connectivity index (χ0) is 12.4. The van der Waals surface area contributed by atoms with Gasteiger partial charge in [-0.15, -0.1) is 0 Å². The lowest BCUT2D eigenvalue weighted by Gasteiger charge is -2.17. The standard InChI is InChI=1S/C14H12N2O2/c17-13-9-18-12-7-6-11(15-14(12)16-13)8-10-4-2-1-3-5-10/h1-7H,8-9H2,(H,15,16,17). The second kappa shape index (κ2) is 4.49. The van der Waals surface area contributed by atoms with Crippen LogP contribution in [0.2, 0.25) is 0 Å². The summed E-state index contributed by atoms with van der Waals surface area (Å²) in [5.74, 6) is 0.984. The third-order valence-corrected chi connectivity index (χ3v) is 2.76. The monoisotopic (exact) mass is 240 g/mol. The van der Waals surface area contributed by atoms with Crippen LogP contribution in [-0.4, -0.2) is 17.5 Å². The Labute approximate surface area is 105 Å². The van der Waals surface area contributed by atoms with Crippen molar-refractivity contribution in [1.82, 2.24) is 4.98 Å². The highest BCUT2D eigenvalue weighted by Gasteiger charge is 2.17. The largest absolute Gasteiger partial charge is 0.480 e. The molecule has 1 aromatic carbocycles. The molecule has 3 rings (SSSR count). The van der Waals surface area contributed by atoms with Crippen LogP contribution in [0.15, 0.2) is 42.5 Å². The van der Waals surface area contributed by atoms with E-state index in [0.29, 0.717) is 11.6 Å². The van der Waals surface area contributed by atoms with E-state index < -0.39 is 0 Å². The van der Waals surface area contributed by atoms with E-state index in [1.807, 2.05) is 30.3 Å². The van der Waals surface area contributed by atoms with E-state index >= 15 is 0 Å². The Balaban J connectivity index is 1.86. The first-order valence-electron chi connectivity index (χ1n) is 5.78. The first kappa shape index (κ1) is 10.8. The molecule has 1 aliphatic heterocycles. The Morgan fingerprint density at radius 3 is 2.83 bits per heavy atom. The number of ether oxygens (including phenoxy) is 1. The van der Waals surface area contributed by atoms with Crippen LogP contribution in [0.5, 0.6) is 5.75 Å². The molecule has 0 unspecified atom stereocenters. The maximum Gasteiger partial charge on any atom is 0.263 e. The van der Waals surface area contributed by atoms with E-state index in [4.69, 9.17) is 4.74 Å². The van der Waals surface area contributed by atoms with Gasteiger partial charge in [0.2, 0.25) is 0 Å². The minimum atomic E-state index is -0.160. The molecular weight excluding hydrogens is 228 g/mol. The molecule has 4 nitrogen and oxygen atoms in total. The molecular formula is C14H12N2O2. The van der Waals surface area contributed by atoms with Crippen LogP contribution in [0.1, 0.15) is 11.3 Å². The molecule has 2 heterocycles. The number of rotatable bonds is 2. The summed E-state index contributed by atoms with van der Waals surface area (Å²) in [6.07, 6.45) is 0.740. The first-order chi connectivity index (χ1) is 8.81. The number of fused-ring (bicyclic) bond motifs is 1. The van der Waals surface area contributed by atoms with Crippen LogP contribution in [-0.2, 0) is 11.2 Å². The Hall–Kier alpha value is -2.36. The van der Waals surface area contributed by atoms with Crippen molar-refractivity contribution in [2.24, 2.45) is 0 Å². The van der Waals surface area contributed by atoms with Crippen LogP contribution in [0.25, 0.3) is 0 Å². The minimum Gasteiger partial charge on any atom is -0.480 e. The summed E-state index contributed by atoms with van der Waals surface area (Å²) in [6.45, 7) is 0.0622. The van der Waals surface area contributed by atoms with E-state index in [9.17, 15) is 4.79 Å². The second-order valence-corrected chi connectivity index (χ2v) is 4.15. The van der Waals surface area contributed by atoms with Gasteiger partial charge >= 0.3 is 0 Å². The predicted molar refractivity (Wildman–Crippen MR) is 67.6 cm³/mol. The van der Waals surface area contributed by atoms with Crippen LogP contribution in [0.4, 0.5) is 5.82 Å². The van der Waals surface area contributed by atoms with Crippen molar-refractivity contribution in [3.05, 3.63) is 53.7 Å². The maximum atomic E-state index is 11.2. The fraction of sp³-hybridized carbons (Fsp3) is 0.143. The molecule has 18 heavy (non-hydrogen) atoms. The Kier molecular flexibility index (Phi) is 2.68. The number of carbonyl (C=O) groups excluding carboxylic acids is 1. The molecule has 1 amide bonds. The molecule has 1 N–H and O–H groups in total. The zero-order valence-corrected chi connectivity index (χ0v) is 9.72. The highest BCUT2D eigenvalue weighted by atomic mass is 16.5. The molecule has 0 fully saturated rings. The van der Waals surface area contributed by atoms with Crippen LogP contribution in [0.3, 0.4) is 0 Å². The van der Waals surface area contributed by atoms with Gasteiger partial charge in [0.1, 0.15) is 0 Å². The van der Waals surface area contributed by atoms with E-state index in [-0.39, 0.29) is 12.5 Å². The average molecular weight is 240 g/mol. The molecule has 90 valence electrons. The van der Waals surface area contributed by atoms with Gasteiger partial charge in [0.05, 0.1) is 0 Å². The number of hydrogen-bond donors (Lipinski definition) is 1. The molecule has 0 saturated carbocycles. The molecule has 2 aromatic rings. The molecule has 0 aliphatic carbocycles. The van der Waals surface area contributed by atoms with Crippen molar-refractivity contribution >= 4 is 11.7 Å². The fourth-order valence-corrected chi connectivity index (χ4v) is 1.91. The number of nitrogens with one attached hydrogen (secondary N) is 1. The lowest BCUT2D eigenvalue weighted by atomic mass is 10.1. The normalized spacial score (nSPS) is 13.4. The van der Waals surface area contributed by atoms with Crippen molar-refractivity contribution in [3.8, 4) is 5.75 Å². The summed E-state index contributed by atoms with van der Waals surface area (Å²) in [5.41, 5.74) is 2.10. The third-order valence-electron chi connectivity index (χ3n) is 2.76. The summed E-state index contributed by atoms with van der Waals surface area (Å²) < 4.78 is 5.27. The van der Waals surface area contributed by atoms with Crippen LogP contribution >= 0.6 is 0 Å². The van der Waals surface area contributed by atoms with Gasteiger partial charge in [-0.1, -0.05) is 30.3 Å². The van der Waals surface area contributed by atoms with Gasteiger partial charge in [-0.25, -0.2) is 4.98 Å². The van der Waals surface area contributed by atoms with Gasteiger partial charge in [0, 0.05) is 12.1 Å². The lowest BCUT2D eigenvalue weighted by molar-refractivity contribution is -0.118. The van der Waals surface area contributed by atoms with Crippen molar-refractivity contribution in [2.45, 2.75) is 6.42 Å². The lowest BCUT2D eigenvalue weighted by Crippen LogP contribution is -2.26. The van der Waals surface area contributed by atoms with Crippen molar-refractivity contribution in [1.29, 1.82) is 0 Å². The number of anilines is 1. The minimum absolute atomic E-state index is 0.0622. The van der Waals surface area contributed by atoms with E-state index in [1.54, 1.807) is 0 Å². The maximum absolute atomic E-state index is 11.2. The molecule has 0 saturated heterocycles. The highest BCUT2D eigenvalue weighted by Crippen LogP contribution is 2.25. The molecule has 1 aromatic heterocycles. The quantitative estimate of drug-likeness (QED) is 0.873. The van der Waals surface area contributed by atoms with Crippen molar-refractivity contribution < 1.29 is 9.53 Å². The van der Waals surface area contributed by atoms with E-state index in [0.717, 1.165) is 12.1 Å². The Bertz CT molecular complexity index is 582. The van der Waals surface area contributed by atoms with Gasteiger partial charge in [0.15, 0.2) is 18.2 Å². The third kappa shape index (κ3) is 2.18. The first-order valence-corrected chi connectivity index (χ1v) is 5.78. The summed E-state index contributed by atoms with van der Waals surface area (Å²) >= 11 is 0. The van der Waals surface area contributed by atoms with Crippen molar-refractivity contribution in [3.63, 3.8) is 0 Å². The molecule has 0 spiro atoms. The summed E-state index contributed by atoms with van der Waals surface area (Å²) in [6, 6.07) is 13.9. The SMILES string of the molecule is O=C1COc2ccc(Cc3ccccc3)nc2N1. The number of hydrogen-bond acceptors (Lipinski definition) is 3. The van der Waals surface area contributed by atoms with Gasteiger partial charge in [-0.2, -0.15) is 0 Å².